The van der Waals surface area contributed by atoms with E-state index in [2.05, 4.69) is 4.90 Å². The number of rotatable bonds is 6. The van der Waals surface area contributed by atoms with Crippen LogP contribution < -0.4 is 5.73 Å². The van der Waals surface area contributed by atoms with Gasteiger partial charge in [0.2, 0.25) is 0 Å². The zero-order chi connectivity index (χ0) is 12.3. The van der Waals surface area contributed by atoms with Crippen molar-refractivity contribution >= 4 is 17.2 Å². The minimum atomic E-state index is -0.185. The predicted octanol–water partition coefficient (Wildman–Crippen LogP) is 2.47. The van der Waals surface area contributed by atoms with Crippen molar-refractivity contribution in [1.82, 2.24) is 4.90 Å². The maximum absolute atomic E-state index is 12.8. The second-order valence-corrected chi connectivity index (χ2v) is 5.07. The molecule has 0 heterocycles. The van der Waals surface area contributed by atoms with Crippen molar-refractivity contribution in [3.8, 4) is 0 Å². The Bertz CT molecular complexity index is 387. The first-order valence-corrected chi connectivity index (χ1v) is 6.33. The van der Waals surface area contributed by atoms with Gasteiger partial charge in [0.25, 0.3) is 0 Å². The molecule has 0 amide bonds. The Morgan fingerprint density at radius 1 is 1.35 bits per heavy atom. The summed E-state index contributed by atoms with van der Waals surface area (Å²) in [6, 6.07) is 7.35. The first-order chi connectivity index (χ1) is 8.15. The van der Waals surface area contributed by atoms with Gasteiger partial charge in [-0.15, -0.1) is 0 Å². The Labute approximate surface area is 107 Å². The van der Waals surface area contributed by atoms with Gasteiger partial charge in [0.1, 0.15) is 5.82 Å². The summed E-state index contributed by atoms with van der Waals surface area (Å²) in [6.07, 6.45) is 3.25. The average Bonchev–Trinajstić information content (AvgIpc) is 3.10. The fourth-order valence-corrected chi connectivity index (χ4v) is 2.00. The Balaban J connectivity index is 1.92. The van der Waals surface area contributed by atoms with Crippen molar-refractivity contribution in [2.45, 2.75) is 31.8 Å². The summed E-state index contributed by atoms with van der Waals surface area (Å²) in [5.41, 5.74) is 6.67. The van der Waals surface area contributed by atoms with Crippen LogP contribution in [0.25, 0.3) is 0 Å². The van der Waals surface area contributed by atoms with Crippen LogP contribution in [0.4, 0.5) is 4.39 Å². The molecule has 0 bridgehead atoms. The van der Waals surface area contributed by atoms with Crippen molar-refractivity contribution in [2.75, 3.05) is 6.54 Å². The second-order valence-electron chi connectivity index (χ2n) is 4.54. The van der Waals surface area contributed by atoms with Crippen LogP contribution in [0.1, 0.15) is 24.8 Å². The molecule has 2 nitrogen and oxygen atoms in total. The first kappa shape index (κ1) is 12.5. The van der Waals surface area contributed by atoms with Crippen LogP contribution in [0.15, 0.2) is 24.3 Å². The number of nitrogens with zero attached hydrogens (tertiary/aromatic N) is 1. The molecule has 0 radical (unpaired) electrons. The topological polar surface area (TPSA) is 29.3 Å². The maximum atomic E-state index is 12.8. The van der Waals surface area contributed by atoms with Crippen LogP contribution in [0.5, 0.6) is 0 Å². The monoisotopic (exact) mass is 252 g/mol. The van der Waals surface area contributed by atoms with Gasteiger partial charge in [-0.3, -0.25) is 4.90 Å². The largest absolute Gasteiger partial charge is 0.393 e. The Morgan fingerprint density at radius 3 is 2.53 bits per heavy atom. The molecular formula is C13H17FN2S. The van der Waals surface area contributed by atoms with Gasteiger partial charge < -0.3 is 5.73 Å². The van der Waals surface area contributed by atoms with Crippen LogP contribution in [0, 0.1) is 5.82 Å². The zero-order valence-corrected chi connectivity index (χ0v) is 10.5. The van der Waals surface area contributed by atoms with Crippen LogP contribution >= 0.6 is 12.2 Å². The highest BCUT2D eigenvalue weighted by Crippen LogP contribution is 2.28. The molecule has 1 saturated carbocycles. The second kappa shape index (κ2) is 5.56. The summed E-state index contributed by atoms with van der Waals surface area (Å²) in [6.45, 7) is 1.75. The number of halogens is 1. The minimum Gasteiger partial charge on any atom is -0.393 e. The van der Waals surface area contributed by atoms with E-state index in [1.807, 2.05) is 12.1 Å². The summed E-state index contributed by atoms with van der Waals surface area (Å²) in [5.74, 6) is -0.185. The van der Waals surface area contributed by atoms with E-state index in [4.69, 9.17) is 18.0 Å². The molecule has 1 aliphatic carbocycles. The van der Waals surface area contributed by atoms with Gasteiger partial charge in [-0.1, -0.05) is 24.4 Å². The highest BCUT2D eigenvalue weighted by atomic mass is 32.1. The third-order valence-corrected chi connectivity index (χ3v) is 3.21. The third-order valence-electron chi connectivity index (χ3n) is 3.01. The lowest BCUT2D eigenvalue weighted by molar-refractivity contribution is 0.262. The lowest BCUT2D eigenvalue weighted by Gasteiger charge is -2.21. The molecule has 1 aliphatic rings. The zero-order valence-electron chi connectivity index (χ0n) is 9.73. The number of hydrogen-bond acceptors (Lipinski definition) is 2. The molecule has 0 unspecified atom stereocenters. The molecule has 0 spiro atoms. The molecule has 92 valence electrons. The molecule has 1 aromatic rings. The fourth-order valence-electron chi connectivity index (χ4n) is 1.91. The van der Waals surface area contributed by atoms with Crippen molar-refractivity contribution in [1.29, 1.82) is 0 Å². The summed E-state index contributed by atoms with van der Waals surface area (Å²) in [7, 11) is 0. The fraction of sp³-hybridized carbons (Fsp3) is 0.462. The van der Waals surface area contributed by atoms with Crippen molar-refractivity contribution in [3.05, 3.63) is 35.6 Å². The van der Waals surface area contributed by atoms with E-state index in [0.717, 1.165) is 25.1 Å². The predicted molar refractivity (Wildman–Crippen MR) is 71.2 cm³/mol. The molecule has 0 aromatic heterocycles. The molecule has 0 aliphatic heterocycles. The SMILES string of the molecule is NC(=S)CCN(Cc1ccc(F)cc1)C1CC1. The van der Waals surface area contributed by atoms with Crippen LogP contribution in [-0.2, 0) is 6.54 Å². The Kier molecular flexibility index (Phi) is 4.07. The molecule has 0 atom stereocenters. The molecule has 17 heavy (non-hydrogen) atoms. The van der Waals surface area contributed by atoms with E-state index in [0.29, 0.717) is 11.0 Å². The first-order valence-electron chi connectivity index (χ1n) is 5.92. The quantitative estimate of drug-likeness (QED) is 0.789. The van der Waals surface area contributed by atoms with Crippen molar-refractivity contribution in [2.24, 2.45) is 5.73 Å². The van der Waals surface area contributed by atoms with Gasteiger partial charge in [-0.2, -0.15) is 0 Å². The van der Waals surface area contributed by atoms with E-state index in [1.54, 1.807) is 0 Å². The van der Waals surface area contributed by atoms with E-state index in [-0.39, 0.29) is 5.82 Å². The van der Waals surface area contributed by atoms with Crippen molar-refractivity contribution < 1.29 is 4.39 Å². The minimum absolute atomic E-state index is 0.185. The maximum Gasteiger partial charge on any atom is 0.123 e. The molecule has 2 N–H and O–H groups in total. The smallest absolute Gasteiger partial charge is 0.123 e. The number of hydrogen-bond donors (Lipinski definition) is 1. The number of thiocarbonyl (C=S) groups is 1. The summed E-state index contributed by atoms with van der Waals surface area (Å²) in [4.78, 5) is 2.95. The summed E-state index contributed by atoms with van der Waals surface area (Å²) >= 11 is 4.90. The van der Waals surface area contributed by atoms with E-state index < -0.39 is 0 Å². The Hall–Kier alpha value is -1.00. The lowest BCUT2D eigenvalue weighted by Crippen LogP contribution is -2.29. The van der Waals surface area contributed by atoms with Gasteiger partial charge in [0, 0.05) is 25.6 Å². The summed E-state index contributed by atoms with van der Waals surface area (Å²) in [5, 5.41) is 0. The van der Waals surface area contributed by atoms with Crippen molar-refractivity contribution in [3.63, 3.8) is 0 Å². The highest BCUT2D eigenvalue weighted by Gasteiger charge is 2.28. The van der Waals surface area contributed by atoms with E-state index in [1.165, 1.54) is 25.0 Å². The van der Waals surface area contributed by atoms with Crippen LogP contribution in [-0.4, -0.2) is 22.5 Å². The number of nitrogens with two attached hydrogens (primary N) is 1. The molecular weight excluding hydrogens is 235 g/mol. The van der Waals surface area contributed by atoms with Gasteiger partial charge in [-0.05, 0) is 30.5 Å². The molecule has 1 fully saturated rings. The van der Waals surface area contributed by atoms with Gasteiger partial charge in [-0.25, -0.2) is 4.39 Å². The van der Waals surface area contributed by atoms with Gasteiger partial charge in [0.05, 0.1) is 4.99 Å². The third kappa shape index (κ3) is 4.06. The molecule has 1 aromatic carbocycles. The highest BCUT2D eigenvalue weighted by molar-refractivity contribution is 7.80. The normalized spacial score (nSPS) is 15.2. The van der Waals surface area contributed by atoms with Crippen LogP contribution in [0.3, 0.4) is 0 Å². The number of benzene rings is 1. The molecule has 4 heteroatoms. The van der Waals surface area contributed by atoms with E-state index in [9.17, 15) is 4.39 Å². The molecule has 2 rings (SSSR count). The molecule has 0 saturated heterocycles. The van der Waals surface area contributed by atoms with Gasteiger partial charge in [0.15, 0.2) is 0 Å². The standard InChI is InChI=1S/C13H17FN2S/c14-11-3-1-10(2-4-11)9-16(12-5-6-12)8-7-13(15)17/h1-4,12H,5-9H2,(H2,15,17). The van der Waals surface area contributed by atoms with Gasteiger partial charge >= 0.3 is 0 Å². The van der Waals surface area contributed by atoms with E-state index >= 15 is 0 Å². The van der Waals surface area contributed by atoms with Crippen LogP contribution in [0.2, 0.25) is 0 Å². The summed E-state index contributed by atoms with van der Waals surface area (Å²) < 4.78 is 12.8. The average molecular weight is 252 g/mol. The Morgan fingerprint density at radius 2 is 2.00 bits per heavy atom. The lowest BCUT2D eigenvalue weighted by atomic mass is 10.2.